The Balaban J connectivity index is 2.84. The van der Waals surface area contributed by atoms with Crippen molar-refractivity contribution in [2.24, 2.45) is 0 Å². The Kier molecular flexibility index (Phi) is 8.58. The van der Waals surface area contributed by atoms with Gasteiger partial charge < -0.3 is 29.5 Å². The lowest BCUT2D eigenvalue weighted by atomic mass is 10.1. The topological polar surface area (TPSA) is 135 Å². The summed E-state index contributed by atoms with van der Waals surface area (Å²) >= 11 is 1.52. The number of aliphatic hydroxyl groups is 2. The largest absolute Gasteiger partial charge is 0.479 e. The number of hydrogen-bond acceptors (Lipinski definition) is 9. The summed E-state index contributed by atoms with van der Waals surface area (Å²) in [7, 11) is 0. The Bertz CT molecular complexity index is 459. The molecular weight excluding hydrogens is 354 g/mol. The van der Waals surface area contributed by atoms with E-state index in [1.54, 1.807) is 13.8 Å². The fraction of sp³-hybridized carbons (Fsp3) is 0.867. The highest BCUT2D eigenvalue weighted by Crippen LogP contribution is 2.30. The minimum Gasteiger partial charge on any atom is -0.479 e. The molecule has 0 radical (unpaired) electrons. The number of hydrogen-bond donors (Lipinski definition) is 4. The Morgan fingerprint density at radius 2 is 1.96 bits per heavy atom. The summed E-state index contributed by atoms with van der Waals surface area (Å²) in [5.74, 6) is -2.37. The molecule has 1 fully saturated rings. The molecule has 0 aliphatic carbocycles. The van der Waals surface area contributed by atoms with Gasteiger partial charge in [-0.05, 0) is 39.2 Å². The summed E-state index contributed by atoms with van der Waals surface area (Å²) in [6, 6.07) is -0.835. The molecule has 5 unspecified atom stereocenters. The summed E-state index contributed by atoms with van der Waals surface area (Å²) in [4.78, 5) is 22.7. The molecule has 1 saturated heterocycles. The molecule has 10 heteroatoms. The molecule has 4 N–H and O–H groups in total. The number of thioether (sulfide) groups is 1. The van der Waals surface area contributed by atoms with Crippen LogP contribution in [0.5, 0.6) is 0 Å². The number of carbonyl (C=O) groups is 2. The van der Waals surface area contributed by atoms with E-state index in [1.807, 2.05) is 6.26 Å². The molecule has 0 saturated carbocycles. The highest BCUT2D eigenvalue weighted by Gasteiger charge is 2.47. The Hall–Kier alpha value is -0.910. The number of aliphatic hydroxyl groups excluding tert-OH is 2. The molecule has 0 aromatic carbocycles. The molecule has 25 heavy (non-hydrogen) atoms. The highest BCUT2D eigenvalue weighted by molar-refractivity contribution is 7.98. The zero-order valence-corrected chi connectivity index (χ0v) is 15.6. The molecule has 5 atom stereocenters. The van der Waals surface area contributed by atoms with E-state index in [9.17, 15) is 19.8 Å². The molecular formula is C15H27NO8S. The summed E-state index contributed by atoms with van der Waals surface area (Å²) in [6.07, 6.45) is -1.82. The third-order valence-corrected chi connectivity index (χ3v) is 4.20. The number of carboxylic acid groups (broad SMARTS) is 1. The molecule has 0 spiro atoms. The standard InChI is InChI=1S/C15H27NO8S/c1-8(17)11(20)12-13(24-15(2,3)23-12)16-9(5-6-25-4)14(21)22-7-10(18)19/h8-9,11-13,16-17,20H,5-7H2,1-4H3,(H,18,19). The van der Waals surface area contributed by atoms with Crippen LogP contribution in [0.1, 0.15) is 27.2 Å². The van der Waals surface area contributed by atoms with Crippen molar-refractivity contribution in [1.82, 2.24) is 5.32 Å². The van der Waals surface area contributed by atoms with Crippen LogP contribution in [0.3, 0.4) is 0 Å². The first-order valence-electron chi connectivity index (χ1n) is 7.92. The van der Waals surface area contributed by atoms with Crippen LogP contribution < -0.4 is 5.32 Å². The molecule has 0 aromatic rings. The molecule has 1 rings (SSSR count). The van der Waals surface area contributed by atoms with Crippen LogP contribution in [0.2, 0.25) is 0 Å². The van der Waals surface area contributed by atoms with Gasteiger partial charge in [-0.15, -0.1) is 0 Å². The Morgan fingerprint density at radius 1 is 1.32 bits per heavy atom. The van der Waals surface area contributed by atoms with Crippen molar-refractivity contribution in [2.75, 3.05) is 18.6 Å². The van der Waals surface area contributed by atoms with E-state index in [2.05, 4.69) is 5.32 Å². The van der Waals surface area contributed by atoms with Crippen molar-refractivity contribution in [3.8, 4) is 0 Å². The predicted octanol–water partition coefficient (Wildman–Crippen LogP) is -0.455. The van der Waals surface area contributed by atoms with Crippen molar-refractivity contribution in [2.45, 2.75) is 63.6 Å². The van der Waals surface area contributed by atoms with E-state index in [0.29, 0.717) is 12.2 Å². The average molecular weight is 381 g/mol. The van der Waals surface area contributed by atoms with E-state index >= 15 is 0 Å². The fourth-order valence-corrected chi connectivity index (χ4v) is 2.85. The van der Waals surface area contributed by atoms with Crippen molar-refractivity contribution in [3.05, 3.63) is 0 Å². The van der Waals surface area contributed by atoms with Gasteiger partial charge >= 0.3 is 11.9 Å². The molecule has 0 amide bonds. The van der Waals surface area contributed by atoms with Crippen LogP contribution in [-0.2, 0) is 23.8 Å². The van der Waals surface area contributed by atoms with Crippen molar-refractivity contribution < 1.29 is 39.1 Å². The summed E-state index contributed by atoms with van der Waals surface area (Å²) in [5, 5.41) is 31.3. The molecule has 1 aliphatic rings. The van der Waals surface area contributed by atoms with Crippen LogP contribution in [-0.4, -0.2) is 82.2 Å². The molecule has 0 aromatic heterocycles. The normalized spacial score (nSPS) is 26.0. The molecule has 9 nitrogen and oxygen atoms in total. The van der Waals surface area contributed by atoms with E-state index in [1.165, 1.54) is 18.7 Å². The number of ether oxygens (including phenoxy) is 3. The van der Waals surface area contributed by atoms with Crippen LogP contribution in [0.25, 0.3) is 0 Å². The highest BCUT2D eigenvalue weighted by atomic mass is 32.2. The minimum atomic E-state index is -1.25. The zero-order chi connectivity index (χ0) is 19.2. The van der Waals surface area contributed by atoms with Crippen molar-refractivity contribution in [3.63, 3.8) is 0 Å². The SMILES string of the molecule is CSCCC(NC1OC(C)(C)OC1C(O)C(C)O)C(=O)OCC(=O)O. The summed E-state index contributed by atoms with van der Waals surface area (Å²) in [6.45, 7) is 3.98. The lowest BCUT2D eigenvalue weighted by molar-refractivity contribution is -0.164. The maximum Gasteiger partial charge on any atom is 0.341 e. The minimum absolute atomic E-state index is 0.372. The first kappa shape index (κ1) is 22.1. The zero-order valence-electron chi connectivity index (χ0n) is 14.8. The first-order valence-corrected chi connectivity index (χ1v) is 9.32. The van der Waals surface area contributed by atoms with Crippen molar-refractivity contribution >= 4 is 23.7 Å². The molecule has 1 aliphatic heterocycles. The summed E-state index contributed by atoms with van der Waals surface area (Å²) < 4.78 is 16.1. The van der Waals surface area contributed by atoms with E-state index < -0.39 is 54.9 Å². The Morgan fingerprint density at radius 3 is 2.48 bits per heavy atom. The number of carbonyl (C=O) groups excluding carboxylic acids is 1. The smallest absolute Gasteiger partial charge is 0.341 e. The monoisotopic (exact) mass is 381 g/mol. The van der Waals surface area contributed by atoms with E-state index in [0.717, 1.165) is 0 Å². The number of carboxylic acids is 1. The van der Waals surface area contributed by atoms with Gasteiger partial charge in [0.1, 0.15) is 24.5 Å². The number of esters is 1. The van der Waals surface area contributed by atoms with E-state index in [-0.39, 0.29) is 0 Å². The number of aliphatic carboxylic acids is 1. The second kappa shape index (κ2) is 9.70. The average Bonchev–Trinajstić information content (AvgIpc) is 2.82. The van der Waals surface area contributed by atoms with Crippen LogP contribution in [0.4, 0.5) is 0 Å². The van der Waals surface area contributed by atoms with Gasteiger partial charge in [-0.2, -0.15) is 11.8 Å². The van der Waals surface area contributed by atoms with Gasteiger partial charge in [0.2, 0.25) is 0 Å². The van der Waals surface area contributed by atoms with Gasteiger partial charge in [-0.25, -0.2) is 4.79 Å². The number of rotatable bonds is 10. The molecule has 0 bridgehead atoms. The van der Waals surface area contributed by atoms with Gasteiger partial charge in [-0.1, -0.05) is 0 Å². The first-order chi connectivity index (χ1) is 11.6. The lowest BCUT2D eigenvalue weighted by Gasteiger charge is -2.27. The maximum absolute atomic E-state index is 12.1. The van der Waals surface area contributed by atoms with Gasteiger partial charge in [0, 0.05) is 0 Å². The van der Waals surface area contributed by atoms with Crippen LogP contribution in [0.15, 0.2) is 0 Å². The molecule has 1 heterocycles. The van der Waals surface area contributed by atoms with Gasteiger partial charge in [-0.3, -0.25) is 10.1 Å². The third-order valence-electron chi connectivity index (χ3n) is 3.56. The second-order valence-corrected chi connectivity index (χ2v) is 7.24. The predicted molar refractivity (Wildman–Crippen MR) is 90.0 cm³/mol. The summed E-state index contributed by atoms with van der Waals surface area (Å²) in [5.41, 5.74) is 0. The van der Waals surface area contributed by atoms with Crippen molar-refractivity contribution in [1.29, 1.82) is 0 Å². The van der Waals surface area contributed by atoms with E-state index in [4.69, 9.17) is 19.3 Å². The van der Waals surface area contributed by atoms with Gasteiger partial charge in [0.25, 0.3) is 0 Å². The second-order valence-electron chi connectivity index (χ2n) is 6.25. The molecule has 146 valence electrons. The van der Waals surface area contributed by atoms with Gasteiger partial charge in [0.05, 0.1) is 6.10 Å². The quantitative estimate of drug-likeness (QED) is 0.368. The third kappa shape index (κ3) is 7.08. The van der Waals surface area contributed by atoms with Crippen LogP contribution >= 0.6 is 11.8 Å². The van der Waals surface area contributed by atoms with Crippen LogP contribution in [0, 0.1) is 0 Å². The lowest BCUT2D eigenvalue weighted by Crippen LogP contribution is -2.53. The maximum atomic E-state index is 12.1. The Labute approximate surface area is 151 Å². The fourth-order valence-electron chi connectivity index (χ4n) is 2.38. The van der Waals surface area contributed by atoms with Gasteiger partial charge in [0.15, 0.2) is 12.4 Å². The number of nitrogens with one attached hydrogen (secondary N) is 1.